The minimum atomic E-state index is -0.159. The van der Waals surface area contributed by atoms with Crippen LogP contribution in [0.1, 0.15) is 29.9 Å². The van der Waals surface area contributed by atoms with E-state index >= 15 is 0 Å². The number of carbonyl (C=O) groups excluding carboxylic acids is 1. The molecular weight excluding hydrogens is 252 g/mol. The van der Waals surface area contributed by atoms with Gasteiger partial charge in [0.15, 0.2) is 0 Å². The number of hydrogen-bond donors (Lipinski definition) is 1. The number of ether oxygens (including phenoxy) is 1. The zero-order valence-electron chi connectivity index (χ0n) is 11.9. The third-order valence-corrected chi connectivity index (χ3v) is 2.74. The quantitative estimate of drug-likeness (QED) is 0.926. The summed E-state index contributed by atoms with van der Waals surface area (Å²) in [6.07, 6.45) is 1.80. The summed E-state index contributed by atoms with van der Waals surface area (Å²) >= 11 is 0. The summed E-state index contributed by atoms with van der Waals surface area (Å²) in [6.45, 7) is 5.76. The molecule has 1 aromatic heterocycles. The summed E-state index contributed by atoms with van der Waals surface area (Å²) in [5.41, 5.74) is 2.02. The van der Waals surface area contributed by atoms with Crippen LogP contribution in [0.15, 0.2) is 42.6 Å². The highest BCUT2D eigenvalue weighted by molar-refractivity contribution is 6.04. The minimum absolute atomic E-state index is 0.133. The second kappa shape index (κ2) is 6.19. The molecule has 0 saturated carbocycles. The SMILES string of the molecule is Cc1ncccc1C(=O)Nc1ccc(OC(C)C)cc1. The summed E-state index contributed by atoms with van der Waals surface area (Å²) in [5, 5.41) is 2.85. The maximum atomic E-state index is 12.1. The van der Waals surface area contributed by atoms with Crippen LogP contribution in [-0.2, 0) is 0 Å². The molecule has 1 heterocycles. The van der Waals surface area contributed by atoms with E-state index in [2.05, 4.69) is 10.3 Å². The molecule has 1 amide bonds. The number of benzene rings is 1. The van der Waals surface area contributed by atoms with Gasteiger partial charge in [0.05, 0.1) is 11.7 Å². The van der Waals surface area contributed by atoms with Gasteiger partial charge in [-0.25, -0.2) is 0 Å². The van der Waals surface area contributed by atoms with Gasteiger partial charge in [0.2, 0.25) is 0 Å². The van der Waals surface area contributed by atoms with Crippen molar-refractivity contribution in [2.45, 2.75) is 26.9 Å². The van der Waals surface area contributed by atoms with Crippen LogP contribution < -0.4 is 10.1 Å². The van der Waals surface area contributed by atoms with Crippen LogP contribution in [0.3, 0.4) is 0 Å². The molecule has 0 fully saturated rings. The van der Waals surface area contributed by atoms with E-state index in [0.29, 0.717) is 11.3 Å². The van der Waals surface area contributed by atoms with Crippen LogP contribution in [0.2, 0.25) is 0 Å². The average Bonchev–Trinajstić information content (AvgIpc) is 2.41. The lowest BCUT2D eigenvalue weighted by Crippen LogP contribution is -2.14. The van der Waals surface area contributed by atoms with E-state index in [4.69, 9.17) is 4.74 Å². The molecule has 0 saturated heterocycles. The Bertz CT molecular complexity index is 592. The Kier molecular flexibility index (Phi) is 4.35. The number of aromatic nitrogens is 1. The third kappa shape index (κ3) is 3.57. The highest BCUT2D eigenvalue weighted by atomic mass is 16.5. The van der Waals surface area contributed by atoms with Crippen LogP contribution >= 0.6 is 0 Å². The normalized spacial score (nSPS) is 10.4. The monoisotopic (exact) mass is 270 g/mol. The fraction of sp³-hybridized carbons (Fsp3) is 0.250. The first-order valence-electron chi connectivity index (χ1n) is 6.56. The summed E-state index contributed by atoms with van der Waals surface area (Å²) in [4.78, 5) is 16.2. The Morgan fingerprint density at radius 3 is 2.50 bits per heavy atom. The second-order valence-electron chi connectivity index (χ2n) is 4.78. The molecule has 104 valence electrons. The predicted molar refractivity (Wildman–Crippen MR) is 79.1 cm³/mol. The number of nitrogens with zero attached hydrogens (tertiary/aromatic N) is 1. The summed E-state index contributed by atoms with van der Waals surface area (Å²) in [7, 11) is 0. The highest BCUT2D eigenvalue weighted by Gasteiger charge is 2.09. The van der Waals surface area contributed by atoms with Crippen molar-refractivity contribution in [2.75, 3.05) is 5.32 Å². The van der Waals surface area contributed by atoms with Crippen molar-refractivity contribution in [1.82, 2.24) is 4.98 Å². The molecule has 1 N–H and O–H groups in total. The minimum Gasteiger partial charge on any atom is -0.491 e. The van der Waals surface area contributed by atoms with E-state index in [0.717, 1.165) is 11.4 Å². The second-order valence-corrected chi connectivity index (χ2v) is 4.78. The van der Waals surface area contributed by atoms with Gasteiger partial charge in [-0.2, -0.15) is 0 Å². The molecule has 0 aliphatic rings. The van der Waals surface area contributed by atoms with Gasteiger partial charge in [-0.1, -0.05) is 0 Å². The van der Waals surface area contributed by atoms with Crippen molar-refractivity contribution < 1.29 is 9.53 Å². The topological polar surface area (TPSA) is 51.2 Å². The van der Waals surface area contributed by atoms with Gasteiger partial charge in [0.1, 0.15) is 5.75 Å². The number of pyridine rings is 1. The van der Waals surface area contributed by atoms with Crippen molar-refractivity contribution in [1.29, 1.82) is 0 Å². The first-order valence-corrected chi connectivity index (χ1v) is 6.56. The van der Waals surface area contributed by atoms with Gasteiger partial charge in [-0.15, -0.1) is 0 Å². The molecular formula is C16H18N2O2. The van der Waals surface area contributed by atoms with E-state index in [-0.39, 0.29) is 12.0 Å². The Morgan fingerprint density at radius 2 is 1.90 bits per heavy atom. The Balaban J connectivity index is 2.07. The summed E-state index contributed by atoms with van der Waals surface area (Å²) in [5.74, 6) is 0.628. The largest absolute Gasteiger partial charge is 0.491 e. The Labute approximate surface area is 118 Å². The van der Waals surface area contributed by atoms with E-state index in [1.54, 1.807) is 18.3 Å². The number of hydrogen-bond acceptors (Lipinski definition) is 3. The van der Waals surface area contributed by atoms with Crippen LogP contribution in [0.4, 0.5) is 5.69 Å². The Morgan fingerprint density at radius 1 is 1.20 bits per heavy atom. The van der Waals surface area contributed by atoms with Gasteiger partial charge < -0.3 is 10.1 Å². The molecule has 0 aliphatic heterocycles. The molecule has 0 spiro atoms. The van der Waals surface area contributed by atoms with Crippen molar-refractivity contribution in [3.63, 3.8) is 0 Å². The van der Waals surface area contributed by atoms with Crippen molar-refractivity contribution in [3.05, 3.63) is 53.9 Å². The molecule has 0 bridgehead atoms. The van der Waals surface area contributed by atoms with E-state index < -0.39 is 0 Å². The highest BCUT2D eigenvalue weighted by Crippen LogP contribution is 2.17. The molecule has 1 aromatic carbocycles. The fourth-order valence-corrected chi connectivity index (χ4v) is 1.81. The zero-order valence-corrected chi connectivity index (χ0v) is 11.9. The average molecular weight is 270 g/mol. The molecule has 0 radical (unpaired) electrons. The smallest absolute Gasteiger partial charge is 0.257 e. The zero-order chi connectivity index (χ0) is 14.5. The summed E-state index contributed by atoms with van der Waals surface area (Å²) < 4.78 is 5.56. The number of carbonyl (C=O) groups is 1. The first-order chi connectivity index (χ1) is 9.56. The van der Waals surface area contributed by atoms with Crippen LogP contribution in [0.25, 0.3) is 0 Å². The third-order valence-electron chi connectivity index (χ3n) is 2.74. The number of rotatable bonds is 4. The summed E-state index contributed by atoms with van der Waals surface area (Å²) in [6, 6.07) is 10.8. The molecule has 2 rings (SSSR count). The molecule has 20 heavy (non-hydrogen) atoms. The molecule has 2 aromatic rings. The lowest BCUT2D eigenvalue weighted by molar-refractivity contribution is 0.102. The van der Waals surface area contributed by atoms with Gasteiger partial charge in [-0.3, -0.25) is 9.78 Å². The first kappa shape index (κ1) is 14.1. The van der Waals surface area contributed by atoms with Crippen molar-refractivity contribution >= 4 is 11.6 Å². The van der Waals surface area contributed by atoms with Crippen LogP contribution in [0.5, 0.6) is 5.75 Å². The van der Waals surface area contributed by atoms with Crippen molar-refractivity contribution in [3.8, 4) is 5.75 Å². The molecule has 4 heteroatoms. The van der Waals surface area contributed by atoms with Gasteiger partial charge >= 0.3 is 0 Å². The molecule has 0 aliphatic carbocycles. The van der Waals surface area contributed by atoms with E-state index in [9.17, 15) is 4.79 Å². The fourth-order valence-electron chi connectivity index (χ4n) is 1.81. The van der Waals surface area contributed by atoms with Gasteiger partial charge in [0.25, 0.3) is 5.91 Å². The lowest BCUT2D eigenvalue weighted by atomic mass is 10.2. The van der Waals surface area contributed by atoms with Gasteiger partial charge in [-0.05, 0) is 57.2 Å². The van der Waals surface area contributed by atoms with Gasteiger partial charge in [0, 0.05) is 17.6 Å². The predicted octanol–water partition coefficient (Wildman–Crippen LogP) is 3.43. The van der Waals surface area contributed by atoms with Crippen LogP contribution in [-0.4, -0.2) is 17.0 Å². The standard InChI is InChI=1S/C16H18N2O2/c1-11(2)20-14-8-6-13(7-9-14)18-16(19)15-5-4-10-17-12(15)3/h4-11H,1-3H3,(H,18,19). The Hall–Kier alpha value is -2.36. The molecule has 4 nitrogen and oxygen atoms in total. The lowest BCUT2D eigenvalue weighted by Gasteiger charge is -2.11. The van der Waals surface area contributed by atoms with E-state index in [1.165, 1.54) is 0 Å². The number of anilines is 1. The number of nitrogens with one attached hydrogen (secondary N) is 1. The van der Waals surface area contributed by atoms with Crippen molar-refractivity contribution in [2.24, 2.45) is 0 Å². The molecule has 0 atom stereocenters. The maximum Gasteiger partial charge on any atom is 0.257 e. The number of amides is 1. The van der Waals surface area contributed by atoms with E-state index in [1.807, 2.05) is 45.0 Å². The van der Waals surface area contributed by atoms with Crippen LogP contribution in [0, 0.1) is 6.92 Å². The molecule has 0 unspecified atom stereocenters. The number of aryl methyl sites for hydroxylation is 1. The maximum absolute atomic E-state index is 12.1.